The zero-order valence-corrected chi connectivity index (χ0v) is 11.6. The summed E-state index contributed by atoms with van der Waals surface area (Å²) in [6, 6.07) is 2.02. The minimum Gasteiger partial charge on any atom is -0.381 e. The molecule has 1 aromatic carbocycles. The minimum absolute atomic E-state index is 0.0584. The number of benzene rings is 1. The van der Waals surface area contributed by atoms with Crippen LogP contribution in [0.2, 0.25) is 0 Å². The molecule has 2 rings (SSSR count). The van der Waals surface area contributed by atoms with E-state index >= 15 is 0 Å². The third-order valence-corrected chi connectivity index (χ3v) is 3.21. The first kappa shape index (κ1) is 14.4. The molecule has 1 heterocycles. The summed E-state index contributed by atoms with van der Waals surface area (Å²) in [7, 11) is 0. The molecule has 1 amide bonds. The van der Waals surface area contributed by atoms with Gasteiger partial charge in [0.1, 0.15) is 17.3 Å². The highest BCUT2D eigenvalue weighted by atomic mass is 32.1. The van der Waals surface area contributed by atoms with E-state index in [-0.39, 0.29) is 17.8 Å². The fourth-order valence-electron chi connectivity index (χ4n) is 1.65. The van der Waals surface area contributed by atoms with Crippen LogP contribution in [0.15, 0.2) is 23.0 Å². The quantitative estimate of drug-likeness (QED) is 0.892. The molecule has 0 radical (unpaired) electrons. The topological polar surface area (TPSA) is 54.0 Å². The molecule has 0 atom stereocenters. The molecule has 7 heteroatoms. The van der Waals surface area contributed by atoms with Crippen LogP contribution in [0.25, 0.3) is 0 Å². The molecule has 0 unspecified atom stereocenters. The van der Waals surface area contributed by atoms with Crippen LogP contribution in [0.5, 0.6) is 0 Å². The highest BCUT2D eigenvalue weighted by molar-refractivity contribution is 7.07. The molecule has 0 fully saturated rings. The van der Waals surface area contributed by atoms with Gasteiger partial charge in [-0.3, -0.25) is 4.79 Å². The second kappa shape index (κ2) is 6.42. The Morgan fingerprint density at radius 2 is 2.05 bits per heavy atom. The molecule has 0 spiro atoms. The lowest BCUT2D eigenvalue weighted by molar-refractivity contribution is 0.0949. The number of carbonyl (C=O) groups is 1. The first-order valence-electron chi connectivity index (χ1n) is 6.00. The number of hydrogen-bond donors (Lipinski definition) is 2. The molecule has 0 aliphatic carbocycles. The van der Waals surface area contributed by atoms with Gasteiger partial charge in [-0.2, -0.15) is 0 Å². The van der Waals surface area contributed by atoms with E-state index in [9.17, 15) is 13.6 Å². The van der Waals surface area contributed by atoms with Crippen LogP contribution >= 0.6 is 11.3 Å². The number of nitrogens with one attached hydrogen (secondary N) is 2. The number of carbonyl (C=O) groups excluding carboxylic acids is 1. The van der Waals surface area contributed by atoms with Gasteiger partial charge in [0, 0.05) is 17.5 Å². The van der Waals surface area contributed by atoms with Gasteiger partial charge >= 0.3 is 0 Å². The van der Waals surface area contributed by atoms with Crippen molar-refractivity contribution in [3.8, 4) is 0 Å². The highest BCUT2D eigenvalue weighted by Crippen LogP contribution is 2.20. The Morgan fingerprint density at radius 3 is 2.60 bits per heavy atom. The van der Waals surface area contributed by atoms with Crippen molar-refractivity contribution in [2.24, 2.45) is 0 Å². The third-order valence-electron chi connectivity index (χ3n) is 2.57. The Bertz CT molecular complexity index is 579. The van der Waals surface area contributed by atoms with Crippen LogP contribution in [0.1, 0.15) is 23.0 Å². The monoisotopic (exact) mass is 297 g/mol. The lowest BCUT2D eigenvalue weighted by Gasteiger charge is -2.09. The van der Waals surface area contributed by atoms with Crippen molar-refractivity contribution in [2.45, 2.75) is 13.5 Å². The number of aromatic nitrogens is 1. The molecule has 0 bridgehead atoms. The second-order valence-electron chi connectivity index (χ2n) is 4.01. The maximum atomic E-state index is 13.7. The lowest BCUT2D eigenvalue weighted by atomic mass is 10.1. The summed E-state index contributed by atoms with van der Waals surface area (Å²) < 4.78 is 27.4. The van der Waals surface area contributed by atoms with Crippen molar-refractivity contribution >= 4 is 22.9 Å². The van der Waals surface area contributed by atoms with Crippen molar-refractivity contribution in [1.29, 1.82) is 0 Å². The van der Waals surface area contributed by atoms with Crippen molar-refractivity contribution in [3.63, 3.8) is 0 Å². The average molecular weight is 297 g/mol. The predicted octanol–water partition coefficient (Wildman–Crippen LogP) is 2.78. The molecular weight excluding hydrogens is 284 g/mol. The predicted molar refractivity (Wildman–Crippen MR) is 73.8 cm³/mol. The molecular formula is C13H13F2N3OS. The van der Waals surface area contributed by atoms with E-state index in [1.807, 2.05) is 0 Å². The van der Waals surface area contributed by atoms with E-state index in [1.165, 1.54) is 11.3 Å². The molecule has 0 aliphatic rings. The van der Waals surface area contributed by atoms with Gasteiger partial charge in [-0.15, -0.1) is 11.3 Å². The number of amides is 1. The Morgan fingerprint density at radius 1 is 1.35 bits per heavy atom. The Kier molecular flexibility index (Phi) is 4.62. The lowest BCUT2D eigenvalue weighted by Crippen LogP contribution is -2.23. The fraction of sp³-hybridized carbons (Fsp3) is 0.231. The van der Waals surface area contributed by atoms with Crippen LogP contribution in [0, 0.1) is 11.6 Å². The molecule has 0 saturated carbocycles. The van der Waals surface area contributed by atoms with Crippen molar-refractivity contribution in [3.05, 3.63) is 45.9 Å². The largest absolute Gasteiger partial charge is 0.381 e. The van der Waals surface area contributed by atoms with Crippen LogP contribution in [0.3, 0.4) is 0 Å². The fourth-order valence-corrected chi connectivity index (χ4v) is 2.21. The average Bonchev–Trinajstić information content (AvgIpc) is 2.93. The van der Waals surface area contributed by atoms with Crippen molar-refractivity contribution < 1.29 is 13.6 Å². The number of nitrogens with zero attached hydrogens (tertiary/aromatic N) is 1. The van der Waals surface area contributed by atoms with Gasteiger partial charge in [0.2, 0.25) is 0 Å². The molecule has 0 saturated heterocycles. The number of thiazole rings is 1. The van der Waals surface area contributed by atoms with E-state index in [0.29, 0.717) is 12.2 Å². The summed E-state index contributed by atoms with van der Waals surface area (Å²) >= 11 is 1.41. The Balaban J connectivity index is 2.10. The number of halogens is 2. The zero-order valence-electron chi connectivity index (χ0n) is 10.7. The highest BCUT2D eigenvalue weighted by Gasteiger charge is 2.14. The molecule has 1 aromatic heterocycles. The van der Waals surface area contributed by atoms with Crippen LogP contribution in [-0.2, 0) is 6.54 Å². The Hall–Kier alpha value is -2.02. The third kappa shape index (κ3) is 3.30. The first-order chi connectivity index (χ1) is 9.61. The first-order valence-corrected chi connectivity index (χ1v) is 6.94. The summed E-state index contributed by atoms with van der Waals surface area (Å²) in [6.45, 7) is 2.34. The summed E-state index contributed by atoms with van der Waals surface area (Å²) in [5.41, 5.74) is 2.07. The zero-order chi connectivity index (χ0) is 14.5. The Labute approximate surface area is 118 Å². The van der Waals surface area contributed by atoms with Gasteiger partial charge in [-0.05, 0) is 19.1 Å². The SMILES string of the molecule is CCNc1c(F)cc(C(=O)NCc2cscn2)cc1F. The number of rotatable bonds is 5. The molecule has 0 aliphatic heterocycles. The summed E-state index contributed by atoms with van der Waals surface area (Å²) in [6.07, 6.45) is 0. The normalized spacial score (nSPS) is 10.3. The van der Waals surface area contributed by atoms with Gasteiger partial charge in [-0.1, -0.05) is 0 Å². The summed E-state index contributed by atoms with van der Waals surface area (Å²) in [4.78, 5) is 15.8. The number of hydrogen-bond acceptors (Lipinski definition) is 4. The second-order valence-corrected chi connectivity index (χ2v) is 4.73. The minimum atomic E-state index is -0.786. The van der Waals surface area contributed by atoms with Gasteiger partial charge in [0.15, 0.2) is 0 Å². The smallest absolute Gasteiger partial charge is 0.251 e. The van der Waals surface area contributed by atoms with Crippen LogP contribution in [-0.4, -0.2) is 17.4 Å². The summed E-state index contributed by atoms with van der Waals surface area (Å²) in [5.74, 6) is -2.12. The van der Waals surface area contributed by atoms with E-state index in [2.05, 4.69) is 15.6 Å². The maximum Gasteiger partial charge on any atom is 0.251 e. The maximum absolute atomic E-state index is 13.7. The van der Waals surface area contributed by atoms with E-state index in [4.69, 9.17) is 0 Å². The molecule has 106 valence electrons. The van der Waals surface area contributed by atoms with Gasteiger partial charge in [0.05, 0.1) is 17.7 Å². The number of anilines is 1. The van der Waals surface area contributed by atoms with E-state index < -0.39 is 17.5 Å². The van der Waals surface area contributed by atoms with Gasteiger partial charge in [-0.25, -0.2) is 13.8 Å². The van der Waals surface area contributed by atoms with Crippen LogP contribution < -0.4 is 10.6 Å². The van der Waals surface area contributed by atoms with Crippen LogP contribution in [0.4, 0.5) is 14.5 Å². The van der Waals surface area contributed by atoms with E-state index in [1.54, 1.807) is 17.8 Å². The molecule has 20 heavy (non-hydrogen) atoms. The molecule has 2 N–H and O–H groups in total. The summed E-state index contributed by atoms with van der Waals surface area (Å²) in [5, 5.41) is 6.92. The van der Waals surface area contributed by atoms with Gasteiger partial charge < -0.3 is 10.6 Å². The molecule has 2 aromatic rings. The molecule has 4 nitrogen and oxygen atoms in total. The standard InChI is InChI=1S/C13H13F2N3OS/c1-2-16-12-10(14)3-8(4-11(12)15)13(19)17-5-9-6-20-7-18-9/h3-4,6-7,16H,2,5H2,1H3,(H,17,19). The van der Waals surface area contributed by atoms with Crippen molar-refractivity contribution in [2.75, 3.05) is 11.9 Å². The van der Waals surface area contributed by atoms with E-state index in [0.717, 1.165) is 12.1 Å². The van der Waals surface area contributed by atoms with Crippen molar-refractivity contribution in [1.82, 2.24) is 10.3 Å². The van der Waals surface area contributed by atoms with Gasteiger partial charge in [0.25, 0.3) is 5.91 Å².